The van der Waals surface area contributed by atoms with Crippen molar-refractivity contribution in [3.63, 3.8) is 0 Å². The number of amides is 1. The van der Waals surface area contributed by atoms with Crippen LogP contribution in [-0.2, 0) is 14.6 Å². The van der Waals surface area contributed by atoms with Gasteiger partial charge in [-0.25, -0.2) is 8.42 Å². The van der Waals surface area contributed by atoms with Crippen molar-refractivity contribution in [2.45, 2.75) is 30.7 Å². The van der Waals surface area contributed by atoms with Crippen LogP contribution in [0.2, 0.25) is 0 Å². The summed E-state index contributed by atoms with van der Waals surface area (Å²) >= 11 is 0. The van der Waals surface area contributed by atoms with Crippen LogP contribution < -0.4 is 5.32 Å². The maximum absolute atomic E-state index is 12.1. The Morgan fingerprint density at radius 3 is 2.47 bits per heavy atom. The molecular weight excluding hydrogens is 238 g/mol. The lowest BCUT2D eigenvalue weighted by Crippen LogP contribution is -2.32. The summed E-state index contributed by atoms with van der Waals surface area (Å²) in [6, 6.07) is 6.54. The molecule has 1 saturated heterocycles. The highest BCUT2D eigenvalue weighted by Crippen LogP contribution is 2.16. The minimum atomic E-state index is -3.30. The first-order valence-electron chi connectivity index (χ1n) is 5.56. The quantitative estimate of drug-likeness (QED) is 0.875. The number of carbonyl (C=O) groups excluding carboxylic acids is 1. The third-order valence-corrected chi connectivity index (χ3v) is 4.72. The molecule has 0 aromatic heterocycles. The second-order valence-corrected chi connectivity index (χ2v) is 6.43. The highest BCUT2D eigenvalue weighted by atomic mass is 32.2. The van der Waals surface area contributed by atoms with Crippen molar-refractivity contribution in [1.29, 1.82) is 0 Å². The Morgan fingerprint density at radius 2 is 1.94 bits per heavy atom. The number of hydrogen-bond acceptors (Lipinski definition) is 3. The van der Waals surface area contributed by atoms with Gasteiger partial charge in [0.1, 0.15) is 0 Å². The molecule has 1 amide bonds. The van der Waals surface area contributed by atoms with E-state index < -0.39 is 9.84 Å². The first kappa shape index (κ1) is 12.1. The van der Waals surface area contributed by atoms with Crippen LogP contribution in [0.1, 0.15) is 18.4 Å². The molecule has 1 aliphatic rings. The molecule has 2 rings (SSSR count). The maximum atomic E-state index is 12.1. The third-order valence-electron chi connectivity index (χ3n) is 2.89. The van der Waals surface area contributed by atoms with Gasteiger partial charge in [-0.2, -0.15) is 0 Å². The number of rotatable bonds is 3. The van der Waals surface area contributed by atoms with E-state index in [4.69, 9.17) is 0 Å². The summed E-state index contributed by atoms with van der Waals surface area (Å²) in [7, 11) is -3.30. The molecule has 1 heterocycles. The van der Waals surface area contributed by atoms with Gasteiger partial charge >= 0.3 is 0 Å². The van der Waals surface area contributed by atoms with Crippen molar-refractivity contribution in [3.8, 4) is 0 Å². The first-order chi connectivity index (χ1) is 7.97. The molecule has 17 heavy (non-hydrogen) atoms. The number of sulfone groups is 1. The van der Waals surface area contributed by atoms with Gasteiger partial charge in [-0.3, -0.25) is 4.79 Å². The molecule has 1 unspecified atom stereocenters. The molecule has 1 atom stereocenters. The lowest BCUT2D eigenvalue weighted by atomic mass is 10.2. The van der Waals surface area contributed by atoms with Crippen LogP contribution in [0.3, 0.4) is 0 Å². The molecule has 0 aliphatic carbocycles. The van der Waals surface area contributed by atoms with Crippen molar-refractivity contribution < 1.29 is 13.2 Å². The fourth-order valence-electron chi connectivity index (χ4n) is 1.91. The van der Waals surface area contributed by atoms with E-state index in [0.717, 1.165) is 5.56 Å². The molecule has 4 nitrogen and oxygen atoms in total. The Balaban J connectivity index is 2.14. The highest BCUT2D eigenvalue weighted by molar-refractivity contribution is 7.91. The number of carbonyl (C=O) groups is 1. The molecule has 0 radical (unpaired) electrons. The Labute approximate surface area is 101 Å². The standard InChI is InChI=1S/C12H15NO3S/c1-9-2-5-11(6-3-9)17(15,16)8-10-4-7-12(14)13-10/h2-3,5-6,10H,4,7-8H2,1H3,(H,13,14). The van der Waals surface area contributed by atoms with Gasteiger partial charge in [-0.15, -0.1) is 0 Å². The van der Waals surface area contributed by atoms with Gasteiger partial charge in [0.15, 0.2) is 9.84 Å². The molecule has 1 fully saturated rings. The Bertz CT molecular complexity index is 519. The minimum Gasteiger partial charge on any atom is -0.352 e. The van der Waals surface area contributed by atoms with Gasteiger partial charge in [0.25, 0.3) is 0 Å². The number of hydrogen-bond donors (Lipinski definition) is 1. The normalized spacial score (nSPS) is 20.3. The minimum absolute atomic E-state index is 0.0121. The fraction of sp³-hybridized carbons (Fsp3) is 0.417. The van der Waals surface area contributed by atoms with Crippen molar-refractivity contribution in [3.05, 3.63) is 29.8 Å². The van der Waals surface area contributed by atoms with Crippen LogP contribution in [0.15, 0.2) is 29.2 Å². The van der Waals surface area contributed by atoms with Crippen LogP contribution in [0, 0.1) is 6.92 Å². The first-order valence-corrected chi connectivity index (χ1v) is 7.21. The molecule has 1 aliphatic heterocycles. The van der Waals surface area contributed by atoms with Crippen molar-refractivity contribution >= 4 is 15.7 Å². The zero-order valence-corrected chi connectivity index (χ0v) is 10.5. The van der Waals surface area contributed by atoms with Crippen molar-refractivity contribution in [2.75, 3.05) is 5.75 Å². The molecule has 0 bridgehead atoms. The zero-order chi connectivity index (χ0) is 12.5. The van der Waals surface area contributed by atoms with Crippen LogP contribution in [0.25, 0.3) is 0 Å². The second kappa shape index (κ2) is 4.49. The zero-order valence-electron chi connectivity index (χ0n) is 9.64. The summed E-state index contributed by atoms with van der Waals surface area (Å²) in [6.07, 6.45) is 1.03. The molecule has 5 heteroatoms. The molecule has 92 valence electrons. The Kier molecular flexibility index (Phi) is 3.19. The van der Waals surface area contributed by atoms with Crippen LogP contribution in [0.5, 0.6) is 0 Å². The van der Waals surface area contributed by atoms with Crippen LogP contribution in [0.4, 0.5) is 0 Å². The van der Waals surface area contributed by atoms with Crippen molar-refractivity contribution in [1.82, 2.24) is 5.32 Å². The predicted octanol–water partition coefficient (Wildman–Crippen LogP) is 1.05. The molecular formula is C12H15NO3S. The summed E-state index contributed by atoms with van der Waals surface area (Å²) in [4.78, 5) is 11.3. The van der Waals surface area contributed by atoms with Crippen LogP contribution in [-0.4, -0.2) is 26.1 Å². The second-order valence-electron chi connectivity index (χ2n) is 4.40. The topological polar surface area (TPSA) is 63.2 Å². The van der Waals surface area contributed by atoms with Gasteiger partial charge in [0.2, 0.25) is 5.91 Å². The van der Waals surface area contributed by atoms with E-state index in [1.54, 1.807) is 24.3 Å². The van der Waals surface area contributed by atoms with Gasteiger partial charge in [-0.1, -0.05) is 17.7 Å². The average Bonchev–Trinajstić information content (AvgIpc) is 2.63. The fourth-order valence-corrected chi connectivity index (χ4v) is 3.43. The average molecular weight is 253 g/mol. The smallest absolute Gasteiger partial charge is 0.220 e. The SMILES string of the molecule is Cc1ccc(S(=O)(=O)CC2CCC(=O)N2)cc1. The Morgan fingerprint density at radius 1 is 1.29 bits per heavy atom. The largest absolute Gasteiger partial charge is 0.352 e. The molecule has 0 saturated carbocycles. The van der Waals surface area contributed by atoms with E-state index in [2.05, 4.69) is 5.32 Å². The molecule has 1 aromatic rings. The van der Waals surface area contributed by atoms with E-state index in [0.29, 0.717) is 17.7 Å². The lowest BCUT2D eigenvalue weighted by molar-refractivity contribution is -0.119. The van der Waals surface area contributed by atoms with Crippen LogP contribution >= 0.6 is 0 Å². The molecule has 1 aromatic carbocycles. The lowest BCUT2D eigenvalue weighted by Gasteiger charge is -2.10. The predicted molar refractivity (Wildman–Crippen MR) is 64.4 cm³/mol. The maximum Gasteiger partial charge on any atom is 0.220 e. The monoisotopic (exact) mass is 253 g/mol. The summed E-state index contributed by atoms with van der Waals surface area (Å²) in [5, 5.41) is 2.67. The van der Waals surface area contributed by atoms with E-state index >= 15 is 0 Å². The summed E-state index contributed by atoms with van der Waals surface area (Å²) in [5.41, 5.74) is 1.03. The van der Waals surface area contributed by atoms with Gasteiger partial charge < -0.3 is 5.32 Å². The third kappa shape index (κ3) is 2.85. The van der Waals surface area contributed by atoms with Gasteiger partial charge in [-0.05, 0) is 25.5 Å². The molecule has 1 N–H and O–H groups in total. The number of nitrogens with one attached hydrogen (secondary N) is 1. The van der Waals surface area contributed by atoms with Gasteiger partial charge in [0, 0.05) is 12.5 Å². The van der Waals surface area contributed by atoms with E-state index in [9.17, 15) is 13.2 Å². The molecule has 0 spiro atoms. The van der Waals surface area contributed by atoms with E-state index in [-0.39, 0.29) is 17.7 Å². The van der Waals surface area contributed by atoms with Gasteiger partial charge in [0.05, 0.1) is 10.6 Å². The highest BCUT2D eigenvalue weighted by Gasteiger charge is 2.27. The summed E-state index contributed by atoms with van der Waals surface area (Å²) in [5.74, 6) is -0.0731. The Hall–Kier alpha value is -1.36. The summed E-state index contributed by atoms with van der Waals surface area (Å²) < 4.78 is 24.1. The number of benzene rings is 1. The van der Waals surface area contributed by atoms with E-state index in [1.165, 1.54) is 0 Å². The van der Waals surface area contributed by atoms with E-state index in [1.807, 2.05) is 6.92 Å². The van der Waals surface area contributed by atoms with Crippen molar-refractivity contribution in [2.24, 2.45) is 0 Å². The summed E-state index contributed by atoms with van der Waals surface area (Å²) in [6.45, 7) is 1.91. The number of aryl methyl sites for hydroxylation is 1.